The number of nitrogens with zero attached hydrogens (tertiary/aromatic N) is 3. The van der Waals surface area contributed by atoms with Gasteiger partial charge in [-0.1, -0.05) is 18.2 Å². The van der Waals surface area contributed by atoms with Crippen molar-refractivity contribution < 1.29 is 22.4 Å². The Bertz CT molecular complexity index is 1020. The number of halogens is 4. The standard InChI is InChI=1S/C19H14F4N4O/c20-16-7-11(5-6-17(16)27-10-24-9-25-27)26-18(28)14-8-13(14)12-3-1-2-4-15(12)19(21,22)23/h1-7,9-10,13-14H,8H2,(H,26,28)/t13-,14+/m0/s1. The van der Waals surface area contributed by atoms with E-state index in [2.05, 4.69) is 15.4 Å². The third-order valence-electron chi connectivity index (χ3n) is 4.67. The number of alkyl halides is 3. The summed E-state index contributed by atoms with van der Waals surface area (Å²) in [5, 5.41) is 6.40. The number of aromatic nitrogens is 3. The molecule has 0 aliphatic heterocycles. The van der Waals surface area contributed by atoms with Crippen LogP contribution in [-0.2, 0) is 11.0 Å². The van der Waals surface area contributed by atoms with Crippen molar-refractivity contribution >= 4 is 11.6 Å². The van der Waals surface area contributed by atoms with Gasteiger partial charge in [0.2, 0.25) is 5.91 Å². The summed E-state index contributed by atoms with van der Waals surface area (Å²) >= 11 is 0. The van der Waals surface area contributed by atoms with Crippen molar-refractivity contribution in [3.05, 3.63) is 72.1 Å². The Labute approximate surface area is 157 Å². The lowest BCUT2D eigenvalue weighted by Gasteiger charge is -2.12. The second-order valence-electron chi connectivity index (χ2n) is 6.53. The van der Waals surface area contributed by atoms with Crippen molar-refractivity contribution in [2.24, 2.45) is 5.92 Å². The van der Waals surface area contributed by atoms with Crippen molar-refractivity contribution in [2.75, 3.05) is 5.32 Å². The first-order valence-electron chi connectivity index (χ1n) is 8.46. The monoisotopic (exact) mass is 390 g/mol. The molecule has 28 heavy (non-hydrogen) atoms. The van der Waals surface area contributed by atoms with E-state index < -0.39 is 35.3 Å². The third-order valence-corrected chi connectivity index (χ3v) is 4.67. The molecule has 1 aromatic heterocycles. The lowest BCUT2D eigenvalue weighted by molar-refractivity contribution is -0.138. The van der Waals surface area contributed by atoms with Gasteiger partial charge in [-0.3, -0.25) is 4.79 Å². The highest BCUT2D eigenvalue weighted by Crippen LogP contribution is 2.51. The number of amides is 1. The van der Waals surface area contributed by atoms with Gasteiger partial charge in [0.1, 0.15) is 18.3 Å². The molecule has 1 amide bonds. The van der Waals surface area contributed by atoms with Gasteiger partial charge in [0.15, 0.2) is 5.82 Å². The number of hydrogen-bond acceptors (Lipinski definition) is 3. The van der Waals surface area contributed by atoms with Crippen molar-refractivity contribution in [2.45, 2.75) is 18.5 Å². The van der Waals surface area contributed by atoms with E-state index in [1.165, 1.54) is 47.7 Å². The van der Waals surface area contributed by atoms with Crippen LogP contribution >= 0.6 is 0 Å². The predicted octanol–water partition coefficient (Wildman–Crippen LogP) is 4.17. The molecule has 0 unspecified atom stereocenters. The van der Waals surface area contributed by atoms with Gasteiger partial charge in [-0.25, -0.2) is 14.1 Å². The van der Waals surface area contributed by atoms with Crippen LogP contribution in [0.1, 0.15) is 23.5 Å². The summed E-state index contributed by atoms with van der Waals surface area (Å²) in [6.07, 6.45) is -1.55. The van der Waals surface area contributed by atoms with Gasteiger partial charge >= 0.3 is 6.18 Å². The molecule has 3 aromatic rings. The Morgan fingerprint density at radius 3 is 2.64 bits per heavy atom. The van der Waals surface area contributed by atoms with Crippen molar-refractivity contribution in [3.63, 3.8) is 0 Å². The zero-order valence-corrected chi connectivity index (χ0v) is 14.3. The van der Waals surface area contributed by atoms with E-state index in [1.54, 1.807) is 0 Å². The minimum atomic E-state index is -4.47. The highest BCUT2D eigenvalue weighted by atomic mass is 19.4. The summed E-state index contributed by atoms with van der Waals surface area (Å²) in [5.41, 5.74) is -0.221. The normalized spacial score (nSPS) is 18.7. The lowest BCUT2D eigenvalue weighted by atomic mass is 10.0. The van der Waals surface area contributed by atoms with Crippen LogP contribution in [0, 0.1) is 11.7 Å². The molecule has 4 rings (SSSR count). The molecule has 1 heterocycles. The van der Waals surface area contributed by atoms with Gasteiger partial charge in [-0.15, -0.1) is 0 Å². The molecule has 0 bridgehead atoms. The van der Waals surface area contributed by atoms with Crippen LogP contribution in [0.4, 0.5) is 23.2 Å². The van der Waals surface area contributed by atoms with Gasteiger partial charge in [0.05, 0.1) is 5.56 Å². The maximum atomic E-state index is 14.2. The van der Waals surface area contributed by atoms with Crippen LogP contribution in [0.15, 0.2) is 55.1 Å². The SMILES string of the molecule is O=C(Nc1ccc(-n2cncn2)c(F)c1)[C@@H]1C[C@H]1c1ccccc1C(F)(F)F. The maximum Gasteiger partial charge on any atom is 0.416 e. The van der Waals surface area contributed by atoms with Crippen LogP contribution in [-0.4, -0.2) is 20.7 Å². The molecule has 1 fully saturated rings. The number of benzene rings is 2. The number of nitrogens with one attached hydrogen (secondary N) is 1. The molecule has 1 aliphatic rings. The second kappa shape index (κ2) is 6.74. The van der Waals surface area contributed by atoms with E-state index in [1.807, 2.05) is 0 Å². The van der Waals surface area contributed by atoms with E-state index >= 15 is 0 Å². The van der Waals surface area contributed by atoms with Crippen LogP contribution in [0.5, 0.6) is 0 Å². The fraction of sp³-hybridized carbons (Fsp3) is 0.211. The van der Waals surface area contributed by atoms with E-state index in [-0.39, 0.29) is 16.9 Å². The largest absolute Gasteiger partial charge is 0.416 e. The van der Waals surface area contributed by atoms with Crippen molar-refractivity contribution in [1.82, 2.24) is 14.8 Å². The molecule has 1 aliphatic carbocycles. The molecule has 0 radical (unpaired) electrons. The third kappa shape index (κ3) is 3.47. The molecule has 9 heteroatoms. The van der Waals surface area contributed by atoms with Crippen LogP contribution in [0.2, 0.25) is 0 Å². The Kier molecular flexibility index (Phi) is 4.37. The Balaban J connectivity index is 1.47. The van der Waals surface area contributed by atoms with Gasteiger partial charge < -0.3 is 5.32 Å². The van der Waals surface area contributed by atoms with E-state index in [0.717, 1.165) is 12.1 Å². The zero-order chi connectivity index (χ0) is 19.9. The number of hydrogen-bond donors (Lipinski definition) is 1. The minimum absolute atomic E-state index is 0.114. The topological polar surface area (TPSA) is 59.8 Å². The minimum Gasteiger partial charge on any atom is -0.326 e. The first kappa shape index (κ1) is 18.1. The summed E-state index contributed by atoms with van der Waals surface area (Å²) in [5.74, 6) is -2.13. The molecule has 144 valence electrons. The number of anilines is 1. The average Bonchev–Trinajstić information content (AvgIpc) is 3.27. The average molecular weight is 390 g/mol. The molecule has 2 aromatic carbocycles. The van der Waals surface area contributed by atoms with Gasteiger partial charge in [-0.05, 0) is 42.2 Å². The summed E-state index contributed by atoms with van der Waals surface area (Å²) in [4.78, 5) is 16.1. The summed E-state index contributed by atoms with van der Waals surface area (Å²) < 4.78 is 55.0. The van der Waals surface area contributed by atoms with E-state index in [0.29, 0.717) is 6.42 Å². The van der Waals surface area contributed by atoms with Crippen molar-refractivity contribution in [1.29, 1.82) is 0 Å². The molecule has 5 nitrogen and oxygen atoms in total. The quantitative estimate of drug-likeness (QED) is 0.681. The smallest absolute Gasteiger partial charge is 0.326 e. The summed E-state index contributed by atoms with van der Waals surface area (Å²) in [7, 11) is 0. The number of rotatable bonds is 4. The van der Waals surface area contributed by atoms with Gasteiger partial charge in [0.25, 0.3) is 0 Å². The van der Waals surface area contributed by atoms with E-state index in [9.17, 15) is 22.4 Å². The second-order valence-corrected chi connectivity index (χ2v) is 6.53. The molecule has 2 atom stereocenters. The summed E-state index contributed by atoms with van der Waals surface area (Å²) in [6, 6.07) is 9.32. The molecule has 1 N–H and O–H groups in total. The van der Waals surface area contributed by atoms with Crippen LogP contribution < -0.4 is 5.32 Å². The fourth-order valence-corrected chi connectivity index (χ4v) is 3.25. The van der Waals surface area contributed by atoms with Crippen molar-refractivity contribution in [3.8, 4) is 5.69 Å². The molecular weight excluding hydrogens is 376 g/mol. The predicted molar refractivity (Wildman–Crippen MR) is 92.2 cm³/mol. The highest BCUT2D eigenvalue weighted by molar-refractivity contribution is 5.95. The van der Waals surface area contributed by atoms with Gasteiger partial charge in [-0.2, -0.15) is 18.3 Å². The van der Waals surface area contributed by atoms with Crippen LogP contribution in [0.25, 0.3) is 5.69 Å². The highest BCUT2D eigenvalue weighted by Gasteiger charge is 2.47. The fourth-order valence-electron chi connectivity index (χ4n) is 3.25. The molecule has 0 spiro atoms. The Hall–Kier alpha value is -3.23. The molecule has 0 saturated heterocycles. The van der Waals surface area contributed by atoms with E-state index in [4.69, 9.17) is 0 Å². The Morgan fingerprint density at radius 2 is 1.96 bits per heavy atom. The lowest BCUT2D eigenvalue weighted by Crippen LogP contribution is -2.16. The number of carbonyl (C=O) groups excluding carboxylic acids is 1. The number of carbonyl (C=O) groups is 1. The van der Waals surface area contributed by atoms with Crippen LogP contribution in [0.3, 0.4) is 0 Å². The Morgan fingerprint density at radius 1 is 1.18 bits per heavy atom. The molecule has 1 saturated carbocycles. The summed E-state index contributed by atoms with van der Waals surface area (Å²) in [6.45, 7) is 0. The maximum absolute atomic E-state index is 14.2. The zero-order valence-electron chi connectivity index (χ0n) is 14.3. The first-order chi connectivity index (χ1) is 13.3. The first-order valence-corrected chi connectivity index (χ1v) is 8.46. The molecular formula is C19H14F4N4O. The van der Waals surface area contributed by atoms with Gasteiger partial charge in [0, 0.05) is 11.6 Å².